The zero-order valence-corrected chi connectivity index (χ0v) is 7.17. The van der Waals surface area contributed by atoms with E-state index in [1.807, 2.05) is 6.92 Å². The van der Waals surface area contributed by atoms with E-state index in [0.29, 0.717) is 13.2 Å². The number of ether oxygens (including phenoxy) is 1. The molecular formula is C6H11N3OS. The Balaban J connectivity index is 2.36. The van der Waals surface area contributed by atoms with Crippen LogP contribution in [0.5, 0.6) is 0 Å². The third-order valence-electron chi connectivity index (χ3n) is 1.26. The van der Waals surface area contributed by atoms with E-state index in [2.05, 4.69) is 8.75 Å². The van der Waals surface area contributed by atoms with Gasteiger partial charge in [0.1, 0.15) is 0 Å². The molecule has 62 valence electrons. The molecule has 0 aliphatic carbocycles. The molecule has 0 radical (unpaired) electrons. The van der Waals surface area contributed by atoms with E-state index in [0.717, 1.165) is 5.69 Å². The molecule has 0 spiro atoms. The number of nitrogens with zero attached hydrogens (tertiary/aromatic N) is 2. The zero-order chi connectivity index (χ0) is 8.10. The highest BCUT2D eigenvalue weighted by Gasteiger charge is 2.07. The Morgan fingerprint density at radius 3 is 3.18 bits per heavy atom. The number of hydrogen-bond donors (Lipinski definition) is 1. The maximum Gasteiger partial charge on any atom is 0.0933 e. The molecule has 5 heteroatoms. The Kier molecular flexibility index (Phi) is 3.41. The van der Waals surface area contributed by atoms with Crippen LogP contribution in [0.25, 0.3) is 0 Å². The highest BCUT2D eigenvalue weighted by atomic mass is 32.1. The van der Waals surface area contributed by atoms with E-state index in [9.17, 15) is 0 Å². The van der Waals surface area contributed by atoms with Gasteiger partial charge in [0.05, 0.1) is 36.3 Å². The van der Waals surface area contributed by atoms with E-state index in [-0.39, 0.29) is 6.04 Å². The summed E-state index contributed by atoms with van der Waals surface area (Å²) in [6.07, 6.45) is 1.67. The lowest BCUT2D eigenvalue weighted by Crippen LogP contribution is -2.17. The molecule has 1 aromatic rings. The first kappa shape index (κ1) is 8.58. The number of nitrogens with two attached hydrogens (primary N) is 1. The molecule has 0 aromatic carbocycles. The van der Waals surface area contributed by atoms with Crippen LogP contribution >= 0.6 is 11.7 Å². The first-order chi connectivity index (χ1) is 5.34. The molecule has 1 heterocycles. The Labute approximate surface area is 69.7 Å². The molecule has 0 amide bonds. The molecular weight excluding hydrogens is 162 g/mol. The van der Waals surface area contributed by atoms with E-state index in [1.165, 1.54) is 11.7 Å². The minimum Gasteiger partial charge on any atom is -0.380 e. The first-order valence-corrected chi connectivity index (χ1v) is 4.18. The van der Waals surface area contributed by atoms with Crippen LogP contribution in [-0.4, -0.2) is 22.0 Å². The lowest BCUT2D eigenvalue weighted by Gasteiger charge is -2.06. The minimum atomic E-state index is -0.131. The summed E-state index contributed by atoms with van der Waals surface area (Å²) < 4.78 is 13.0. The second-order valence-corrected chi connectivity index (χ2v) is 2.65. The maximum absolute atomic E-state index is 5.70. The fourth-order valence-electron chi connectivity index (χ4n) is 0.665. The predicted octanol–water partition coefficient (Wildman–Crippen LogP) is 0.574. The fourth-order valence-corrected chi connectivity index (χ4v) is 1.14. The molecule has 0 fully saturated rings. The molecule has 0 aliphatic rings. The molecule has 0 bridgehead atoms. The second-order valence-electron chi connectivity index (χ2n) is 2.10. The summed E-state index contributed by atoms with van der Waals surface area (Å²) in [5, 5.41) is 0. The van der Waals surface area contributed by atoms with E-state index < -0.39 is 0 Å². The Morgan fingerprint density at radius 2 is 2.64 bits per heavy atom. The van der Waals surface area contributed by atoms with Crippen LogP contribution in [0.3, 0.4) is 0 Å². The van der Waals surface area contributed by atoms with Crippen molar-refractivity contribution in [1.82, 2.24) is 8.75 Å². The van der Waals surface area contributed by atoms with Crippen LogP contribution in [-0.2, 0) is 4.74 Å². The molecule has 0 saturated carbocycles. The summed E-state index contributed by atoms with van der Waals surface area (Å²) in [5.74, 6) is 0. The fraction of sp³-hybridized carbons (Fsp3) is 0.667. The van der Waals surface area contributed by atoms with Gasteiger partial charge in [0.2, 0.25) is 0 Å². The third kappa shape index (κ3) is 2.53. The van der Waals surface area contributed by atoms with Crippen LogP contribution in [0.15, 0.2) is 6.20 Å². The summed E-state index contributed by atoms with van der Waals surface area (Å²) in [7, 11) is 0. The highest BCUT2D eigenvalue weighted by Crippen LogP contribution is 2.06. The number of aromatic nitrogens is 2. The number of rotatable bonds is 4. The van der Waals surface area contributed by atoms with Gasteiger partial charge in [-0.15, -0.1) is 0 Å². The minimum absolute atomic E-state index is 0.131. The smallest absolute Gasteiger partial charge is 0.0933 e. The van der Waals surface area contributed by atoms with E-state index in [1.54, 1.807) is 6.20 Å². The van der Waals surface area contributed by atoms with Crippen LogP contribution in [0.4, 0.5) is 0 Å². The van der Waals surface area contributed by atoms with Crippen molar-refractivity contribution in [2.24, 2.45) is 5.73 Å². The van der Waals surface area contributed by atoms with Gasteiger partial charge in [-0.2, -0.15) is 8.75 Å². The van der Waals surface area contributed by atoms with E-state index in [4.69, 9.17) is 10.5 Å². The molecule has 1 unspecified atom stereocenters. The van der Waals surface area contributed by atoms with Crippen molar-refractivity contribution in [3.63, 3.8) is 0 Å². The van der Waals surface area contributed by atoms with Gasteiger partial charge in [0.25, 0.3) is 0 Å². The van der Waals surface area contributed by atoms with Crippen molar-refractivity contribution in [2.75, 3.05) is 13.2 Å². The lowest BCUT2D eigenvalue weighted by atomic mass is 10.2. The van der Waals surface area contributed by atoms with Crippen molar-refractivity contribution in [2.45, 2.75) is 13.0 Å². The molecule has 11 heavy (non-hydrogen) atoms. The van der Waals surface area contributed by atoms with Crippen LogP contribution in [0, 0.1) is 0 Å². The summed E-state index contributed by atoms with van der Waals surface area (Å²) >= 11 is 1.17. The van der Waals surface area contributed by atoms with Gasteiger partial charge < -0.3 is 10.5 Å². The zero-order valence-electron chi connectivity index (χ0n) is 6.36. The van der Waals surface area contributed by atoms with Gasteiger partial charge in [-0.05, 0) is 6.92 Å². The monoisotopic (exact) mass is 173 g/mol. The Bertz CT molecular complexity index is 190. The third-order valence-corrected chi connectivity index (χ3v) is 1.75. The van der Waals surface area contributed by atoms with Gasteiger partial charge in [-0.25, -0.2) is 0 Å². The van der Waals surface area contributed by atoms with Gasteiger partial charge in [0, 0.05) is 6.61 Å². The van der Waals surface area contributed by atoms with Crippen molar-refractivity contribution in [3.8, 4) is 0 Å². The summed E-state index contributed by atoms with van der Waals surface area (Å²) in [6, 6.07) is -0.131. The van der Waals surface area contributed by atoms with Crippen LogP contribution < -0.4 is 5.73 Å². The SMILES string of the molecule is CCOCC(N)c1cnsn1. The summed E-state index contributed by atoms with van der Waals surface area (Å²) in [4.78, 5) is 0. The molecule has 0 saturated heterocycles. The van der Waals surface area contributed by atoms with Crippen molar-refractivity contribution >= 4 is 11.7 Å². The van der Waals surface area contributed by atoms with Crippen molar-refractivity contribution in [3.05, 3.63) is 11.9 Å². The highest BCUT2D eigenvalue weighted by molar-refractivity contribution is 6.99. The normalized spacial score (nSPS) is 13.3. The molecule has 1 aromatic heterocycles. The molecule has 1 rings (SSSR count). The Hall–Kier alpha value is -0.520. The lowest BCUT2D eigenvalue weighted by molar-refractivity contribution is 0.132. The Morgan fingerprint density at radius 1 is 1.82 bits per heavy atom. The average molecular weight is 173 g/mol. The second kappa shape index (κ2) is 4.38. The maximum atomic E-state index is 5.70. The van der Waals surface area contributed by atoms with E-state index >= 15 is 0 Å². The van der Waals surface area contributed by atoms with Crippen molar-refractivity contribution < 1.29 is 4.74 Å². The van der Waals surface area contributed by atoms with Gasteiger partial charge in [-0.3, -0.25) is 0 Å². The summed E-state index contributed by atoms with van der Waals surface area (Å²) in [6.45, 7) is 3.14. The molecule has 0 aliphatic heterocycles. The van der Waals surface area contributed by atoms with Gasteiger partial charge in [0.15, 0.2) is 0 Å². The first-order valence-electron chi connectivity index (χ1n) is 3.45. The summed E-state index contributed by atoms with van der Waals surface area (Å²) in [5.41, 5.74) is 6.51. The molecule has 4 nitrogen and oxygen atoms in total. The van der Waals surface area contributed by atoms with Gasteiger partial charge in [-0.1, -0.05) is 0 Å². The predicted molar refractivity (Wildman–Crippen MR) is 43.3 cm³/mol. The topological polar surface area (TPSA) is 61.0 Å². The average Bonchev–Trinajstić information content (AvgIpc) is 2.52. The number of hydrogen-bond acceptors (Lipinski definition) is 5. The molecule has 2 N–H and O–H groups in total. The standard InChI is InChI=1S/C6H11N3OS/c1-2-10-4-5(7)6-3-8-11-9-6/h3,5H,2,4,7H2,1H3. The quantitative estimate of drug-likeness (QED) is 0.723. The van der Waals surface area contributed by atoms with Crippen LogP contribution in [0.1, 0.15) is 18.7 Å². The largest absolute Gasteiger partial charge is 0.380 e. The molecule has 1 atom stereocenters. The van der Waals surface area contributed by atoms with Crippen LogP contribution in [0.2, 0.25) is 0 Å². The van der Waals surface area contributed by atoms with Gasteiger partial charge >= 0.3 is 0 Å². The van der Waals surface area contributed by atoms with Crippen molar-refractivity contribution in [1.29, 1.82) is 0 Å².